The van der Waals surface area contributed by atoms with Crippen molar-refractivity contribution in [2.24, 2.45) is 5.73 Å². The van der Waals surface area contributed by atoms with E-state index < -0.39 is 0 Å². The first-order valence-corrected chi connectivity index (χ1v) is 6.31. The van der Waals surface area contributed by atoms with Gasteiger partial charge in [-0.1, -0.05) is 12.1 Å². The highest BCUT2D eigenvalue weighted by Crippen LogP contribution is 2.38. The first-order valence-electron chi connectivity index (χ1n) is 6.31. The highest BCUT2D eigenvalue weighted by molar-refractivity contribution is 5.91. The summed E-state index contributed by atoms with van der Waals surface area (Å²) in [5, 5.41) is 2.90. The number of amides is 1. The number of hydrogen-bond donors (Lipinski definition) is 2. The third-order valence-corrected chi connectivity index (χ3v) is 3.63. The second-order valence-electron chi connectivity index (χ2n) is 4.87. The van der Waals surface area contributed by atoms with E-state index in [1.807, 2.05) is 24.3 Å². The number of benzene rings is 1. The SMILES string of the molecule is COC1(CC(=O)Nc2cccc(CN)c2)CCC1.Cl. The number of nitrogens with two attached hydrogens (primary N) is 1. The van der Waals surface area contributed by atoms with Crippen molar-refractivity contribution in [2.75, 3.05) is 12.4 Å². The number of methoxy groups -OCH3 is 1. The van der Waals surface area contributed by atoms with E-state index in [0.717, 1.165) is 30.5 Å². The Labute approximate surface area is 120 Å². The summed E-state index contributed by atoms with van der Waals surface area (Å²) in [6.45, 7) is 0.478. The van der Waals surface area contributed by atoms with Crippen LogP contribution in [0.2, 0.25) is 0 Å². The molecule has 1 aliphatic rings. The van der Waals surface area contributed by atoms with Crippen LogP contribution in [0.5, 0.6) is 0 Å². The van der Waals surface area contributed by atoms with Crippen LogP contribution in [0.15, 0.2) is 24.3 Å². The van der Waals surface area contributed by atoms with Crippen LogP contribution in [0.4, 0.5) is 5.69 Å². The van der Waals surface area contributed by atoms with Gasteiger partial charge in [0.05, 0.1) is 12.0 Å². The molecule has 4 nitrogen and oxygen atoms in total. The minimum atomic E-state index is -0.227. The van der Waals surface area contributed by atoms with Gasteiger partial charge in [0.2, 0.25) is 5.91 Å². The fourth-order valence-electron chi connectivity index (χ4n) is 2.30. The van der Waals surface area contributed by atoms with Crippen molar-refractivity contribution < 1.29 is 9.53 Å². The fraction of sp³-hybridized carbons (Fsp3) is 0.500. The minimum absolute atomic E-state index is 0. The van der Waals surface area contributed by atoms with E-state index in [-0.39, 0.29) is 23.9 Å². The Kier molecular flexibility index (Phi) is 5.79. The molecule has 0 heterocycles. The van der Waals surface area contributed by atoms with Crippen molar-refractivity contribution >= 4 is 24.0 Å². The first kappa shape index (κ1) is 16.0. The average Bonchev–Trinajstić information content (AvgIpc) is 2.34. The number of carbonyl (C=O) groups is 1. The minimum Gasteiger partial charge on any atom is -0.378 e. The molecule has 1 fully saturated rings. The second-order valence-corrected chi connectivity index (χ2v) is 4.87. The first-order chi connectivity index (χ1) is 8.67. The lowest BCUT2D eigenvalue weighted by molar-refractivity contribution is -0.129. The summed E-state index contributed by atoms with van der Waals surface area (Å²) in [6.07, 6.45) is 3.51. The molecule has 0 atom stereocenters. The number of nitrogens with one attached hydrogen (secondary N) is 1. The molecule has 1 saturated carbocycles. The number of halogens is 1. The monoisotopic (exact) mass is 284 g/mol. The number of hydrogen-bond acceptors (Lipinski definition) is 3. The molecule has 1 amide bonds. The molecule has 19 heavy (non-hydrogen) atoms. The van der Waals surface area contributed by atoms with Crippen LogP contribution in [0.3, 0.4) is 0 Å². The van der Waals surface area contributed by atoms with Crippen LogP contribution in [-0.4, -0.2) is 18.6 Å². The molecule has 1 aromatic rings. The predicted octanol–water partition coefficient (Wildman–Crippen LogP) is 2.46. The zero-order valence-corrected chi connectivity index (χ0v) is 12.0. The maximum atomic E-state index is 12.0. The Hall–Kier alpha value is -1.10. The van der Waals surface area contributed by atoms with Crippen LogP contribution < -0.4 is 11.1 Å². The largest absolute Gasteiger partial charge is 0.378 e. The normalized spacial score (nSPS) is 16.1. The summed E-state index contributed by atoms with van der Waals surface area (Å²) in [4.78, 5) is 12.0. The number of rotatable bonds is 5. The molecule has 1 aromatic carbocycles. The van der Waals surface area contributed by atoms with E-state index in [4.69, 9.17) is 10.5 Å². The molecule has 106 valence electrons. The van der Waals surface area contributed by atoms with Crippen LogP contribution >= 0.6 is 12.4 Å². The molecule has 0 unspecified atom stereocenters. The Bertz CT molecular complexity index is 428. The number of carbonyl (C=O) groups excluding carboxylic acids is 1. The molecule has 0 saturated heterocycles. The molecular weight excluding hydrogens is 264 g/mol. The summed E-state index contributed by atoms with van der Waals surface area (Å²) < 4.78 is 5.45. The van der Waals surface area contributed by atoms with Crippen molar-refractivity contribution in [1.29, 1.82) is 0 Å². The standard InChI is InChI=1S/C14H20N2O2.ClH/c1-18-14(6-3-7-14)9-13(17)16-12-5-2-4-11(8-12)10-15;/h2,4-5,8H,3,6-7,9-10,15H2,1H3,(H,16,17);1H. The molecule has 3 N–H and O–H groups in total. The van der Waals surface area contributed by atoms with Gasteiger partial charge in [-0.15, -0.1) is 12.4 Å². The molecule has 0 aliphatic heterocycles. The highest BCUT2D eigenvalue weighted by atomic mass is 35.5. The maximum Gasteiger partial charge on any atom is 0.227 e. The van der Waals surface area contributed by atoms with Gasteiger partial charge in [-0.2, -0.15) is 0 Å². The molecule has 0 radical (unpaired) electrons. The molecule has 5 heteroatoms. The van der Waals surface area contributed by atoms with Crippen molar-refractivity contribution in [3.63, 3.8) is 0 Å². The topological polar surface area (TPSA) is 64.3 Å². The molecule has 0 spiro atoms. The van der Waals surface area contributed by atoms with Crippen molar-refractivity contribution in [2.45, 2.75) is 37.8 Å². The smallest absolute Gasteiger partial charge is 0.227 e. The third kappa shape index (κ3) is 3.93. The van der Waals surface area contributed by atoms with Gasteiger partial charge < -0.3 is 15.8 Å². The average molecular weight is 285 g/mol. The van der Waals surface area contributed by atoms with Crippen molar-refractivity contribution in [1.82, 2.24) is 0 Å². The van der Waals surface area contributed by atoms with Gasteiger partial charge in [0, 0.05) is 19.3 Å². The van der Waals surface area contributed by atoms with Crippen LogP contribution in [0, 0.1) is 0 Å². The van der Waals surface area contributed by atoms with Gasteiger partial charge in [-0.3, -0.25) is 4.79 Å². The van der Waals surface area contributed by atoms with Gasteiger partial charge in [-0.25, -0.2) is 0 Å². The second kappa shape index (κ2) is 6.89. The summed E-state index contributed by atoms with van der Waals surface area (Å²) in [7, 11) is 1.68. The fourth-order valence-corrected chi connectivity index (χ4v) is 2.30. The predicted molar refractivity (Wildman–Crippen MR) is 78.4 cm³/mol. The van der Waals surface area contributed by atoms with E-state index >= 15 is 0 Å². The maximum absolute atomic E-state index is 12.0. The molecular formula is C14H21ClN2O2. The number of anilines is 1. The van der Waals surface area contributed by atoms with E-state index in [1.165, 1.54) is 0 Å². The summed E-state index contributed by atoms with van der Waals surface area (Å²) in [5.74, 6) is 0.00530. The Morgan fingerprint density at radius 1 is 1.47 bits per heavy atom. The Morgan fingerprint density at radius 3 is 2.74 bits per heavy atom. The summed E-state index contributed by atoms with van der Waals surface area (Å²) in [6, 6.07) is 7.61. The molecule has 2 rings (SSSR count). The molecule has 0 aromatic heterocycles. The van der Waals surface area contributed by atoms with Crippen molar-refractivity contribution in [3.05, 3.63) is 29.8 Å². The lowest BCUT2D eigenvalue weighted by Crippen LogP contribution is -2.42. The quantitative estimate of drug-likeness (QED) is 0.873. The summed E-state index contributed by atoms with van der Waals surface area (Å²) in [5.41, 5.74) is 7.16. The van der Waals surface area contributed by atoms with Crippen LogP contribution in [-0.2, 0) is 16.1 Å². The van der Waals surface area contributed by atoms with Crippen molar-refractivity contribution in [3.8, 4) is 0 Å². The summed E-state index contributed by atoms with van der Waals surface area (Å²) >= 11 is 0. The highest BCUT2D eigenvalue weighted by Gasteiger charge is 2.38. The lowest BCUT2D eigenvalue weighted by Gasteiger charge is -2.39. The van der Waals surface area contributed by atoms with Crippen LogP contribution in [0.1, 0.15) is 31.2 Å². The zero-order valence-electron chi connectivity index (χ0n) is 11.1. The van der Waals surface area contributed by atoms with Gasteiger partial charge in [0.15, 0.2) is 0 Å². The Balaban J connectivity index is 0.00000180. The molecule has 0 bridgehead atoms. The van der Waals surface area contributed by atoms with Crippen LogP contribution in [0.25, 0.3) is 0 Å². The third-order valence-electron chi connectivity index (χ3n) is 3.63. The van der Waals surface area contributed by atoms with E-state index in [0.29, 0.717) is 13.0 Å². The van der Waals surface area contributed by atoms with Gasteiger partial charge in [0.25, 0.3) is 0 Å². The van der Waals surface area contributed by atoms with Gasteiger partial charge in [-0.05, 0) is 37.0 Å². The van der Waals surface area contributed by atoms with E-state index in [9.17, 15) is 4.79 Å². The Morgan fingerprint density at radius 2 is 2.21 bits per heavy atom. The molecule has 1 aliphatic carbocycles. The van der Waals surface area contributed by atoms with E-state index in [2.05, 4.69) is 5.32 Å². The van der Waals surface area contributed by atoms with Gasteiger partial charge in [0.1, 0.15) is 0 Å². The van der Waals surface area contributed by atoms with Gasteiger partial charge >= 0.3 is 0 Å². The zero-order chi connectivity index (χ0) is 13.0. The van der Waals surface area contributed by atoms with E-state index in [1.54, 1.807) is 7.11 Å². The lowest BCUT2D eigenvalue weighted by atomic mass is 9.77. The number of ether oxygens (including phenoxy) is 1.